The summed E-state index contributed by atoms with van der Waals surface area (Å²) in [6, 6.07) is 6.20. The number of aliphatic hydroxyl groups is 2. The Labute approximate surface area is 213 Å². The van der Waals surface area contributed by atoms with E-state index in [1.165, 1.54) is 4.90 Å². The van der Waals surface area contributed by atoms with Crippen LogP contribution in [0.4, 0.5) is 0 Å². The highest BCUT2D eigenvalue weighted by atomic mass is 16.5. The lowest BCUT2D eigenvalue weighted by Crippen LogP contribution is -2.60. The van der Waals surface area contributed by atoms with Crippen LogP contribution >= 0.6 is 0 Å². The maximum atomic E-state index is 13.6. The van der Waals surface area contributed by atoms with E-state index in [2.05, 4.69) is 15.8 Å². The van der Waals surface area contributed by atoms with Gasteiger partial charge >= 0.3 is 0 Å². The molecule has 0 spiro atoms. The predicted molar refractivity (Wildman–Crippen MR) is 136 cm³/mol. The van der Waals surface area contributed by atoms with E-state index in [1.54, 1.807) is 6.26 Å². The number of aromatic nitrogens is 1. The Hall–Kier alpha value is -2.75. The van der Waals surface area contributed by atoms with Gasteiger partial charge in [-0.2, -0.15) is 0 Å². The summed E-state index contributed by atoms with van der Waals surface area (Å²) >= 11 is 0. The first-order valence-corrected chi connectivity index (χ1v) is 12.4. The zero-order chi connectivity index (χ0) is 26.8. The first kappa shape index (κ1) is 27.8. The summed E-state index contributed by atoms with van der Waals surface area (Å²) < 4.78 is 5.00. The van der Waals surface area contributed by atoms with Gasteiger partial charge in [0.1, 0.15) is 18.5 Å². The molecule has 1 aliphatic rings. The van der Waals surface area contributed by atoms with Crippen LogP contribution in [-0.4, -0.2) is 63.0 Å². The number of nitrogens with zero attached hydrogens (tertiary/aromatic N) is 2. The van der Waals surface area contributed by atoms with Crippen molar-refractivity contribution in [3.63, 3.8) is 0 Å². The normalized spacial score (nSPS) is 20.3. The Morgan fingerprint density at radius 2 is 1.78 bits per heavy atom. The molecule has 9 heteroatoms. The van der Waals surface area contributed by atoms with Crippen molar-refractivity contribution in [3.05, 3.63) is 41.8 Å². The molecule has 2 amide bonds. The molecule has 36 heavy (non-hydrogen) atoms. The van der Waals surface area contributed by atoms with Crippen LogP contribution in [0.3, 0.4) is 0 Å². The van der Waals surface area contributed by atoms with Crippen molar-refractivity contribution in [2.45, 2.75) is 85.8 Å². The molecule has 0 aliphatic carbocycles. The molecule has 3 rings (SSSR count). The van der Waals surface area contributed by atoms with E-state index in [-0.39, 0.29) is 24.8 Å². The summed E-state index contributed by atoms with van der Waals surface area (Å²) in [4.78, 5) is 28.2. The van der Waals surface area contributed by atoms with Crippen LogP contribution in [0.5, 0.6) is 0 Å². The summed E-state index contributed by atoms with van der Waals surface area (Å²) in [7, 11) is 0. The fourth-order valence-corrected chi connectivity index (χ4v) is 4.25. The standard InChI is InChI=1S/C27H40N4O5/c1-16-20(15-36-30-16)18-10-8-17(9-11-18)13-28-23(33)21-12-19(32)14-31(21)24(34)22(26(2,3)4)29-25(35)27(5,6)7/h8-11,15,19,21-22,25,29,32,35H,12-14H2,1-7H3,(H,28,33). The smallest absolute Gasteiger partial charge is 0.243 e. The van der Waals surface area contributed by atoms with Crippen LogP contribution in [0.1, 0.15) is 59.2 Å². The van der Waals surface area contributed by atoms with Gasteiger partial charge in [-0.3, -0.25) is 14.9 Å². The average molecular weight is 501 g/mol. The van der Waals surface area contributed by atoms with Crippen LogP contribution in [0.25, 0.3) is 11.1 Å². The molecule has 2 aromatic rings. The molecule has 1 aromatic heterocycles. The molecular weight excluding hydrogens is 460 g/mol. The molecule has 0 radical (unpaired) electrons. The third-order valence-corrected chi connectivity index (χ3v) is 6.60. The Balaban J connectivity index is 1.69. The summed E-state index contributed by atoms with van der Waals surface area (Å²) in [6.45, 7) is 13.6. The monoisotopic (exact) mass is 500 g/mol. The summed E-state index contributed by atoms with van der Waals surface area (Å²) in [5.74, 6) is -0.626. The van der Waals surface area contributed by atoms with Crippen molar-refractivity contribution in [1.82, 2.24) is 20.7 Å². The van der Waals surface area contributed by atoms with Gasteiger partial charge in [0.05, 0.1) is 17.8 Å². The Bertz CT molecular complexity index is 1050. The van der Waals surface area contributed by atoms with E-state index >= 15 is 0 Å². The van der Waals surface area contributed by atoms with E-state index in [9.17, 15) is 19.8 Å². The average Bonchev–Trinajstić information content (AvgIpc) is 3.39. The minimum atomic E-state index is -0.921. The van der Waals surface area contributed by atoms with Gasteiger partial charge in [-0.05, 0) is 23.5 Å². The molecule has 9 nitrogen and oxygen atoms in total. The summed E-state index contributed by atoms with van der Waals surface area (Å²) in [5.41, 5.74) is 2.59. The first-order chi connectivity index (χ1) is 16.7. The second-order valence-electron chi connectivity index (χ2n) is 11.9. The van der Waals surface area contributed by atoms with Crippen LogP contribution in [0.15, 0.2) is 35.1 Å². The quantitative estimate of drug-likeness (QED) is 0.430. The highest BCUT2D eigenvalue weighted by Crippen LogP contribution is 2.28. The van der Waals surface area contributed by atoms with Crippen molar-refractivity contribution in [1.29, 1.82) is 0 Å². The number of β-amino-alcohol motifs (C(OH)–C–C–N with tert-alkyl or cyclic N) is 1. The van der Waals surface area contributed by atoms with Crippen LogP contribution in [0.2, 0.25) is 0 Å². The second-order valence-corrected chi connectivity index (χ2v) is 11.9. The molecule has 1 aromatic carbocycles. The van der Waals surface area contributed by atoms with Crippen molar-refractivity contribution in [2.24, 2.45) is 10.8 Å². The van der Waals surface area contributed by atoms with E-state index in [0.717, 1.165) is 22.4 Å². The topological polar surface area (TPSA) is 128 Å². The van der Waals surface area contributed by atoms with Gasteiger partial charge < -0.3 is 25.0 Å². The largest absolute Gasteiger partial charge is 0.391 e. The number of carbonyl (C=O) groups excluding carboxylic acids is 2. The van der Waals surface area contributed by atoms with Crippen LogP contribution in [0, 0.1) is 17.8 Å². The molecule has 1 aliphatic heterocycles. The van der Waals surface area contributed by atoms with Crippen molar-refractivity contribution >= 4 is 11.8 Å². The minimum Gasteiger partial charge on any atom is -0.391 e. The molecule has 198 valence electrons. The van der Waals surface area contributed by atoms with Crippen molar-refractivity contribution in [3.8, 4) is 11.1 Å². The fourth-order valence-electron chi connectivity index (χ4n) is 4.25. The molecule has 4 N–H and O–H groups in total. The lowest BCUT2D eigenvalue weighted by molar-refractivity contribution is -0.144. The lowest BCUT2D eigenvalue weighted by atomic mass is 9.84. The number of aliphatic hydroxyl groups excluding tert-OH is 2. The highest BCUT2D eigenvalue weighted by molar-refractivity contribution is 5.91. The first-order valence-electron chi connectivity index (χ1n) is 12.4. The van der Waals surface area contributed by atoms with E-state index in [4.69, 9.17) is 4.52 Å². The molecule has 0 saturated carbocycles. The maximum absolute atomic E-state index is 13.6. The number of benzene rings is 1. The molecule has 4 atom stereocenters. The van der Waals surface area contributed by atoms with Gasteiger partial charge in [0.25, 0.3) is 0 Å². The molecular formula is C27H40N4O5. The lowest BCUT2D eigenvalue weighted by Gasteiger charge is -2.39. The zero-order valence-electron chi connectivity index (χ0n) is 22.3. The van der Waals surface area contributed by atoms with E-state index in [1.807, 2.05) is 72.7 Å². The third-order valence-electron chi connectivity index (χ3n) is 6.60. The minimum absolute atomic E-state index is 0.0730. The van der Waals surface area contributed by atoms with Gasteiger partial charge in [-0.15, -0.1) is 0 Å². The zero-order valence-corrected chi connectivity index (χ0v) is 22.3. The summed E-state index contributed by atoms with van der Waals surface area (Å²) in [5, 5.41) is 30.8. The van der Waals surface area contributed by atoms with Crippen molar-refractivity contribution < 1.29 is 24.3 Å². The second kappa shape index (κ2) is 10.7. The number of nitrogens with one attached hydrogen (secondary N) is 2. The molecule has 1 saturated heterocycles. The molecule has 2 heterocycles. The van der Waals surface area contributed by atoms with Gasteiger partial charge in [-0.1, -0.05) is 71.0 Å². The number of likely N-dealkylation sites (tertiary alicyclic amines) is 1. The fraction of sp³-hybridized carbons (Fsp3) is 0.593. The predicted octanol–water partition coefficient (Wildman–Crippen LogP) is 2.60. The van der Waals surface area contributed by atoms with Gasteiger partial charge in [0.2, 0.25) is 11.8 Å². The maximum Gasteiger partial charge on any atom is 0.243 e. The van der Waals surface area contributed by atoms with Crippen molar-refractivity contribution in [2.75, 3.05) is 6.54 Å². The number of amides is 2. The molecule has 1 fully saturated rings. The van der Waals surface area contributed by atoms with E-state index < -0.39 is 35.2 Å². The molecule has 4 unspecified atom stereocenters. The van der Waals surface area contributed by atoms with Crippen LogP contribution in [-0.2, 0) is 16.1 Å². The Morgan fingerprint density at radius 1 is 1.14 bits per heavy atom. The van der Waals surface area contributed by atoms with Gasteiger partial charge in [0.15, 0.2) is 0 Å². The molecule has 0 bridgehead atoms. The van der Waals surface area contributed by atoms with Gasteiger partial charge in [-0.25, -0.2) is 0 Å². The SMILES string of the molecule is Cc1nocc1-c1ccc(CNC(=O)C2CC(O)CN2C(=O)C(NC(O)C(C)(C)C)C(C)(C)C)cc1. The number of hydrogen-bond acceptors (Lipinski definition) is 7. The summed E-state index contributed by atoms with van der Waals surface area (Å²) in [6.07, 6.45) is 0.0599. The number of aryl methyl sites for hydroxylation is 1. The number of carbonyl (C=O) groups is 2. The Morgan fingerprint density at radius 3 is 2.31 bits per heavy atom. The van der Waals surface area contributed by atoms with E-state index in [0.29, 0.717) is 6.54 Å². The number of hydrogen-bond donors (Lipinski definition) is 4. The van der Waals surface area contributed by atoms with Crippen LogP contribution < -0.4 is 10.6 Å². The Kier molecular flexibility index (Phi) is 8.27. The highest BCUT2D eigenvalue weighted by Gasteiger charge is 2.45. The third kappa shape index (κ3) is 6.52. The number of rotatable bonds is 7. The van der Waals surface area contributed by atoms with Gasteiger partial charge in [0, 0.05) is 30.5 Å².